The van der Waals surface area contributed by atoms with Crippen LogP contribution in [0.3, 0.4) is 0 Å². The second-order valence-corrected chi connectivity index (χ2v) is 8.18. The van der Waals surface area contributed by atoms with E-state index in [1.807, 2.05) is 52.3 Å². The highest BCUT2D eigenvalue weighted by Crippen LogP contribution is 2.36. The fraction of sp³-hybridized carbons (Fsp3) is 0.421. The topological polar surface area (TPSA) is 29.5 Å². The largest absolute Gasteiger partial charge is 0.497 e. The van der Waals surface area contributed by atoms with Crippen LogP contribution in [-0.4, -0.2) is 36.8 Å². The summed E-state index contributed by atoms with van der Waals surface area (Å²) >= 11 is 3.81. The van der Waals surface area contributed by atoms with Crippen molar-refractivity contribution >= 4 is 29.0 Å². The van der Waals surface area contributed by atoms with Crippen molar-refractivity contribution in [2.45, 2.75) is 24.5 Å². The third kappa shape index (κ3) is 4.54. The Kier molecular flexibility index (Phi) is 6.21. The molecule has 1 fully saturated rings. The molecule has 2 aromatic rings. The van der Waals surface area contributed by atoms with Crippen molar-refractivity contribution < 1.29 is 9.53 Å². The second kappa shape index (κ2) is 8.58. The molecule has 1 aliphatic rings. The van der Waals surface area contributed by atoms with Crippen LogP contribution in [0.5, 0.6) is 5.75 Å². The summed E-state index contributed by atoms with van der Waals surface area (Å²) in [6.07, 6.45) is 2.43. The molecule has 1 unspecified atom stereocenters. The lowest BCUT2D eigenvalue weighted by molar-refractivity contribution is -0.130. The Morgan fingerprint density at radius 3 is 2.79 bits per heavy atom. The van der Waals surface area contributed by atoms with Crippen molar-refractivity contribution in [3.05, 3.63) is 52.2 Å². The van der Waals surface area contributed by atoms with Gasteiger partial charge in [-0.15, -0.1) is 11.3 Å². The fourth-order valence-corrected chi connectivity index (χ4v) is 5.16. The molecule has 128 valence electrons. The Balaban J connectivity index is 1.49. The summed E-state index contributed by atoms with van der Waals surface area (Å²) in [5, 5.41) is 2.68. The van der Waals surface area contributed by atoms with Crippen LogP contribution in [0.1, 0.15) is 28.5 Å². The van der Waals surface area contributed by atoms with Gasteiger partial charge in [-0.05, 0) is 42.0 Å². The number of hydrogen-bond acceptors (Lipinski definition) is 4. The molecule has 5 heteroatoms. The molecule has 1 aromatic carbocycles. The maximum atomic E-state index is 12.5. The lowest BCUT2D eigenvalue weighted by Gasteiger charge is -2.20. The Morgan fingerprint density at radius 1 is 1.25 bits per heavy atom. The molecule has 0 saturated carbocycles. The molecule has 1 amide bonds. The Bertz CT molecular complexity index is 640. The van der Waals surface area contributed by atoms with Gasteiger partial charge in [-0.3, -0.25) is 4.79 Å². The Morgan fingerprint density at radius 2 is 2.08 bits per heavy atom. The van der Waals surface area contributed by atoms with E-state index in [2.05, 4.69) is 17.5 Å². The molecule has 1 saturated heterocycles. The van der Waals surface area contributed by atoms with E-state index in [4.69, 9.17) is 4.74 Å². The van der Waals surface area contributed by atoms with Crippen LogP contribution in [0.4, 0.5) is 0 Å². The van der Waals surface area contributed by atoms with Crippen molar-refractivity contribution in [2.75, 3.05) is 26.0 Å². The van der Waals surface area contributed by atoms with E-state index in [0.717, 1.165) is 37.4 Å². The van der Waals surface area contributed by atoms with Gasteiger partial charge in [0.1, 0.15) is 5.75 Å². The summed E-state index contributed by atoms with van der Waals surface area (Å²) < 4.78 is 5.17. The van der Waals surface area contributed by atoms with Crippen LogP contribution in [0.25, 0.3) is 0 Å². The summed E-state index contributed by atoms with van der Waals surface area (Å²) in [5.74, 6) is 2.16. The van der Waals surface area contributed by atoms with Gasteiger partial charge in [0.2, 0.25) is 5.91 Å². The summed E-state index contributed by atoms with van der Waals surface area (Å²) in [6, 6.07) is 12.3. The van der Waals surface area contributed by atoms with E-state index in [-0.39, 0.29) is 5.91 Å². The highest BCUT2D eigenvalue weighted by molar-refractivity contribution is 7.99. The number of benzene rings is 1. The molecule has 1 atom stereocenters. The first-order valence-corrected chi connectivity index (χ1v) is 10.2. The molecule has 3 rings (SSSR count). The lowest BCUT2D eigenvalue weighted by Crippen LogP contribution is -2.33. The number of thioether (sulfide) groups is 1. The predicted molar refractivity (Wildman–Crippen MR) is 102 cm³/mol. The number of carbonyl (C=O) groups is 1. The van der Waals surface area contributed by atoms with Crippen LogP contribution in [0, 0.1) is 0 Å². The zero-order chi connectivity index (χ0) is 16.8. The molecular formula is C19H23NO2S2. The van der Waals surface area contributed by atoms with Gasteiger partial charge < -0.3 is 9.64 Å². The SMILES string of the molecule is COc1ccc(CCC(=O)N2CCSC(c3cccs3)CC2)cc1. The number of methoxy groups -OCH3 is 1. The molecule has 0 bridgehead atoms. The summed E-state index contributed by atoms with van der Waals surface area (Å²) in [4.78, 5) is 16.0. The van der Waals surface area contributed by atoms with Gasteiger partial charge in [-0.2, -0.15) is 11.8 Å². The second-order valence-electron chi connectivity index (χ2n) is 5.89. The zero-order valence-corrected chi connectivity index (χ0v) is 15.6. The van der Waals surface area contributed by atoms with Gasteiger partial charge in [0.25, 0.3) is 0 Å². The molecule has 2 heterocycles. The number of nitrogens with zero attached hydrogens (tertiary/aromatic N) is 1. The van der Waals surface area contributed by atoms with Crippen LogP contribution in [0.15, 0.2) is 41.8 Å². The van der Waals surface area contributed by atoms with Crippen molar-refractivity contribution in [3.8, 4) is 5.75 Å². The number of hydrogen-bond donors (Lipinski definition) is 0. The minimum absolute atomic E-state index is 0.276. The van der Waals surface area contributed by atoms with E-state index < -0.39 is 0 Å². The highest BCUT2D eigenvalue weighted by Gasteiger charge is 2.22. The first-order valence-electron chi connectivity index (χ1n) is 8.32. The van der Waals surface area contributed by atoms with Crippen LogP contribution < -0.4 is 4.74 Å². The van der Waals surface area contributed by atoms with Gasteiger partial charge in [-0.1, -0.05) is 18.2 Å². The average Bonchev–Trinajstić information content (AvgIpc) is 3.04. The standard InChI is InChI=1S/C19H23NO2S2/c1-22-16-7-4-15(5-8-16)6-9-19(21)20-11-10-18(24-14-12-20)17-3-2-13-23-17/h2-5,7-8,13,18H,6,9-12,14H2,1H3. The van der Waals surface area contributed by atoms with E-state index in [9.17, 15) is 4.79 Å². The number of thiophene rings is 1. The van der Waals surface area contributed by atoms with Gasteiger partial charge in [0, 0.05) is 35.4 Å². The molecule has 3 nitrogen and oxygen atoms in total. The number of ether oxygens (including phenoxy) is 1. The smallest absolute Gasteiger partial charge is 0.222 e. The number of amides is 1. The maximum absolute atomic E-state index is 12.5. The van der Waals surface area contributed by atoms with Crippen molar-refractivity contribution in [2.24, 2.45) is 0 Å². The summed E-state index contributed by atoms with van der Waals surface area (Å²) in [5.41, 5.74) is 1.19. The van der Waals surface area contributed by atoms with E-state index in [0.29, 0.717) is 11.7 Å². The fourth-order valence-electron chi connectivity index (χ4n) is 2.92. The first-order chi connectivity index (χ1) is 11.8. The molecule has 0 radical (unpaired) electrons. The van der Waals surface area contributed by atoms with E-state index in [1.54, 1.807) is 7.11 Å². The summed E-state index contributed by atoms with van der Waals surface area (Å²) in [7, 11) is 1.67. The van der Waals surface area contributed by atoms with Gasteiger partial charge in [-0.25, -0.2) is 0 Å². The van der Waals surface area contributed by atoms with Crippen molar-refractivity contribution in [1.29, 1.82) is 0 Å². The van der Waals surface area contributed by atoms with Crippen LogP contribution in [0.2, 0.25) is 0 Å². The normalized spacial score (nSPS) is 18.2. The maximum Gasteiger partial charge on any atom is 0.222 e. The molecular weight excluding hydrogens is 338 g/mol. The van der Waals surface area contributed by atoms with Crippen molar-refractivity contribution in [1.82, 2.24) is 4.90 Å². The summed E-state index contributed by atoms with van der Waals surface area (Å²) in [6.45, 7) is 1.74. The van der Waals surface area contributed by atoms with Gasteiger partial charge in [0.15, 0.2) is 0 Å². The van der Waals surface area contributed by atoms with Crippen molar-refractivity contribution in [3.63, 3.8) is 0 Å². The number of aryl methyl sites for hydroxylation is 1. The molecule has 0 aliphatic carbocycles. The van der Waals surface area contributed by atoms with E-state index >= 15 is 0 Å². The Hall–Kier alpha value is -1.46. The van der Waals surface area contributed by atoms with E-state index in [1.165, 1.54) is 10.4 Å². The van der Waals surface area contributed by atoms with Crippen LogP contribution >= 0.6 is 23.1 Å². The zero-order valence-electron chi connectivity index (χ0n) is 13.9. The van der Waals surface area contributed by atoms with Crippen LogP contribution in [-0.2, 0) is 11.2 Å². The average molecular weight is 362 g/mol. The molecule has 1 aliphatic heterocycles. The number of rotatable bonds is 5. The minimum Gasteiger partial charge on any atom is -0.497 e. The quantitative estimate of drug-likeness (QED) is 0.791. The van der Waals surface area contributed by atoms with Gasteiger partial charge in [0.05, 0.1) is 7.11 Å². The third-order valence-electron chi connectivity index (χ3n) is 4.34. The monoisotopic (exact) mass is 361 g/mol. The predicted octanol–water partition coefficient (Wildman–Crippen LogP) is 4.40. The molecule has 24 heavy (non-hydrogen) atoms. The molecule has 1 aromatic heterocycles. The number of carbonyl (C=O) groups excluding carboxylic acids is 1. The molecule has 0 N–H and O–H groups in total. The first kappa shape index (κ1) is 17.4. The Labute approximate surface area is 152 Å². The minimum atomic E-state index is 0.276. The lowest BCUT2D eigenvalue weighted by atomic mass is 10.1. The highest BCUT2D eigenvalue weighted by atomic mass is 32.2. The third-order valence-corrected chi connectivity index (χ3v) is 6.79. The molecule has 0 spiro atoms. The van der Waals surface area contributed by atoms with Gasteiger partial charge >= 0.3 is 0 Å².